The third-order valence-corrected chi connectivity index (χ3v) is 14.1. The molecule has 5 rings (SSSR count). The molecule has 3 aromatic carbocycles. The van der Waals surface area contributed by atoms with Crippen molar-refractivity contribution < 1.29 is 28.7 Å². The van der Waals surface area contributed by atoms with Crippen LogP contribution in [0, 0.1) is 0 Å². The van der Waals surface area contributed by atoms with E-state index in [2.05, 4.69) is 50.5 Å². The maximum absolute atomic E-state index is 12.0. The van der Waals surface area contributed by atoms with Gasteiger partial charge in [0.1, 0.15) is 16.1 Å². The molecular weight excluding hydrogens is 464 g/mol. The van der Waals surface area contributed by atoms with Crippen LogP contribution in [0.3, 0.4) is 0 Å². The zero-order valence-corrected chi connectivity index (χ0v) is 21.2. The summed E-state index contributed by atoms with van der Waals surface area (Å²) in [7, 11) is -4.29. The average Bonchev–Trinajstić information content (AvgIpc) is 3.27. The Balaban J connectivity index is 1.47. The number of carbonyl (C=O) groups excluding carboxylic acids is 4. The Hall–Kier alpha value is -3.63. The van der Waals surface area contributed by atoms with Crippen LogP contribution in [0.25, 0.3) is 0 Å². The zero-order chi connectivity index (χ0) is 24.4. The van der Waals surface area contributed by atoms with Gasteiger partial charge in [0.05, 0.1) is 22.3 Å². The summed E-state index contributed by atoms with van der Waals surface area (Å²) < 4.78 is 9.47. The topological polar surface area (TPSA) is 86.7 Å². The summed E-state index contributed by atoms with van der Waals surface area (Å²) in [5.41, 5.74) is 1.31. The molecule has 0 bridgehead atoms. The number of hydrogen-bond acceptors (Lipinski definition) is 6. The van der Waals surface area contributed by atoms with E-state index >= 15 is 0 Å². The third kappa shape index (κ3) is 3.29. The molecule has 6 nitrogen and oxygen atoms in total. The zero-order valence-electron chi connectivity index (χ0n) is 19.2. The lowest BCUT2D eigenvalue weighted by atomic mass is 10.1. The first-order chi connectivity index (χ1) is 16.0. The first kappa shape index (κ1) is 22.2. The molecule has 0 aromatic heterocycles. The largest absolute Gasteiger partial charge is 0.386 e. The predicted octanol–water partition coefficient (Wildman–Crippen LogP) is 1.95. The predicted molar refractivity (Wildman–Crippen MR) is 132 cm³/mol. The maximum atomic E-state index is 12.0. The summed E-state index contributed by atoms with van der Waals surface area (Å²) >= 11 is 0. The fourth-order valence-corrected chi connectivity index (χ4v) is 9.26. The highest BCUT2D eigenvalue weighted by Gasteiger charge is 2.35. The molecule has 0 spiro atoms. The molecule has 0 radical (unpaired) electrons. The SMILES string of the molecule is C[Si](C)(c1ccc([Si](C)(C)c2ccc3c(c2)C(=O)OC3=O)cc1)c1ccc2c(c1)C(=O)OC2=O. The lowest BCUT2D eigenvalue weighted by molar-refractivity contribution is 0.0425. The molecule has 0 aliphatic carbocycles. The van der Waals surface area contributed by atoms with Gasteiger partial charge in [0, 0.05) is 0 Å². The molecule has 0 amide bonds. The van der Waals surface area contributed by atoms with E-state index < -0.39 is 40.0 Å². The van der Waals surface area contributed by atoms with Crippen LogP contribution in [-0.4, -0.2) is 40.0 Å². The highest BCUT2D eigenvalue weighted by Crippen LogP contribution is 2.21. The van der Waals surface area contributed by atoms with Gasteiger partial charge in [0.2, 0.25) is 0 Å². The van der Waals surface area contributed by atoms with Crippen molar-refractivity contribution in [1.29, 1.82) is 0 Å². The lowest BCUT2D eigenvalue weighted by Crippen LogP contribution is -2.56. The van der Waals surface area contributed by atoms with Gasteiger partial charge < -0.3 is 9.47 Å². The Morgan fingerprint density at radius 3 is 1.09 bits per heavy atom. The summed E-state index contributed by atoms with van der Waals surface area (Å²) in [5.74, 6) is -2.36. The summed E-state index contributed by atoms with van der Waals surface area (Å²) in [5, 5.41) is 4.48. The molecule has 170 valence electrons. The number of rotatable bonds is 4. The van der Waals surface area contributed by atoms with E-state index in [0.29, 0.717) is 22.3 Å². The van der Waals surface area contributed by atoms with Crippen LogP contribution in [-0.2, 0) is 9.47 Å². The van der Waals surface area contributed by atoms with Crippen molar-refractivity contribution in [2.75, 3.05) is 0 Å². The van der Waals surface area contributed by atoms with Gasteiger partial charge in [-0.05, 0) is 24.3 Å². The molecule has 0 N–H and O–H groups in total. The van der Waals surface area contributed by atoms with Gasteiger partial charge in [-0.1, -0.05) is 83.3 Å². The van der Waals surface area contributed by atoms with Gasteiger partial charge in [-0.3, -0.25) is 0 Å². The number of carbonyl (C=O) groups is 4. The highest BCUT2D eigenvalue weighted by molar-refractivity contribution is 7.01. The molecule has 3 aromatic rings. The van der Waals surface area contributed by atoms with Crippen molar-refractivity contribution in [3.8, 4) is 0 Å². The van der Waals surface area contributed by atoms with E-state index in [1.807, 2.05) is 12.1 Å². The minimum absolute atomic E-state index is 0.321. The molecular formula is C26H22O6Si2. The summed E-state index contributed by atoms with van der Waals surface area (Å²) in [4.78, 5) is 47.6. The number of ether oxygens (including phenoxy) is 2. The average molecular weight is 487 g/mol. The second-order valence-corrected chi connectivity index (χ2v) is 18.5. The van der Waals surface area contributed by atoms with Gasteiger partial charge >= 0.3 is 23.9 Å². The van der Waals surface area contributed by atoms with E-state index in [1.54, 1.807) is 24.3 Å². The van der Waals surface area contributed by atoms with E-state index in [4.69, 9.17) is 9.47 Å². The van der Waals surface area contributed by atoms with Gasteiger partial charge in [-0.25, -0.2) is 19.2 Å². The molecule has 2 aliphatic heterocycles. The number of hydrogen-bond donors (Lipinski definition) is 0. The second-order valence-electron chi connectivity index (χ2n) is 9.70. The Kier molecular flexibility index (Phi) is 4.85. The van der Waals surface area contributed by atoms with Gasteiger partial charge in [-0.15, -0.1) is 0 Å². The fourth-order valence-electron chi connectivity index (χ4n) is 4.58. The molecule has 8 heteroatoms. The normalized spacial score (nSPS) is 15.2. The smallest absolute Gasteiger partial charge is 0.346 e. The molecule has 2 heterocycles. The molecule has 0 saturated carbocycles. The summed E-state index contributed by atoms with van der Waals surface area (Å²) in [6.45, 7) is 8.82. The highest BCUT2D eigenvalue weighted by atomic mass is 28.3. The van der Waals surface area contributed by atoms with E-state index in [0.717, 1.165) is 10.4 Å². The fraction of sp³-hybridized carbons (Fsp3) is 0.154. The van der Waals surface area contributed by atoms with Crippen LogP contribution in [0.1, 0.15) is 41.4 Å². The molecule has 0 fully saturated rings. The first-order valence-corrected chi connectivity index (χ1v) is 16.9. The van der Waals surface area contributed by atoms with E-state index in [1.165, 1.54) is 10.4 Å². The van der Waals surface area contributed by atoms with Crippen LogP contribution < -0.4 is 20.7 Å². The van der Waals surface area contributed by atoms with Crippen LogP contribution in [0.2, 0.25) is 26.2 Å². The Labute approximate surface area is 198 Å². The quantitative estimate of drug-likeness (QED) is 0.318. The Morgan fingerprint density at radius 2 is 0.735 bits per heavy atom. The number of fused-ring (bicyclic) bond motifs is 2. The van der Waals surface area contributed by atoms with E-state index in [-0.39, 0.29) is 0 Å². The standard InChI is InChI=1S/C26H22O6Si2/c1-33(2,17-9-11-19-21(13-17)25(29)31-23(19)27)15-5-7-16(8-6-15)34(3,4)18-10-12-20-22(14-18)26(30)32-24(20)28/h5-14H,1-4H3. The summed E-state index contributed by atoms with van der Waals surface area (Å²) in [6.07, 6.45) is 0. The van der Waals surface area contributed by atoms with Gasteiger partial charge in [0.15, 0.2) is 0 Å². The minimum Gasteiger partial charge on any atom is -0.386 e. The van der Waals surface area contributed by atoms with Crippen LogP contribution in [0.4, 0.5) is 0 Å². The van der Waals surface area contributed by atoms with Crippen molar-refractivity contribution in [1.82, 2.24) is 0 Å². The van der Waals surface area contributed by atoms with Crippen molar-refractivity contribution in [3.63, 3.8) is 0 Å². The Morgan fingerprint density at radius 1 is 0.441 bits per heavy atom. The number of cyclic esters (lactones) is 4. The van der Waals surface area contributed by atoms with Crippen molar-refractivity contribution in [3.05, 3.63) is 82.9 Å². The van der Waals surface area contributed by atoms with Crippen LogP contribution >= 0.6 is 0 Å². The Bertz CT molecular complexity index is 1310. The minimum atomic E-state index is -2.14. The molecule has 2 aliphatic rings. The molecule has 0 unspecified atom stereocenters. The van der Waals surface area contributed by atoms with Gasteiger partial charge in [0.25, 0.3) is 0 Å². The van der Waals surface area contributed by atoms with Crippen molar-refractivity contribution in [2.45, 2.75) is 26.2 Å². The van der Waals surface area contributed by atoms with Crippen molar-refractivity contribution >= 4 is 60.8 Å². The lowest BCUT2D eigenvalue weighted by Gasteiger charge is -2.27. The van der Waals surface area contributed by atoms with Crippen LogP contribution in [0.15, 0.2) is 60.7 Å². The third-order valence-electron chi connectivity index (χ3n) is 7.06. The number of esters is 4. The maximum Gasteiger partial charge on any atom is 0.346 e. The van der Waals surface area contributed by atoms with Gasteiger partial charge in [-0.2, -0.15) is 0 Å². The second kappa shape index (κ2) is 7.44. The molecule has 0 atom stereocenters. The van der Waals surface area contributed by atoms with Crippen LogP contribution in [0.5, 0.6) is 0 Å². The summed E-state index contributed by atoms with van der Waals surface area (Å²) in [6, 6.07) is 19.3. The molecule has 0 saturated heterocycles. The van der Waals surface area contributed by atoms with E-state index in [9.17, 15) is 19.2 Å². The first-order valence-electron chi connectivity index (χ1n) is 10.9. The van der Waals surface area contributed by atoms with Crippen molar-refractivity contribution in [2.24, 2.45) is 0 Å². The monoisotopic (exact) mass is 486 g/mol. The molecule has 34 heavy (non-hydrogen) atoms. The number of benzene rings is 3.